The fraction of sp³-hybridized carbons (Fsp3) is 0.818. The third kappa shape index (κ3) is 2.52. The predicted octanol–water partition coefficient (Wildman–Crippen LogP) is 0.711. The Labute approximate surface area is 101 Å². The van der Waals surface area contributed by atoms with Crippen molar-refractivity contribution in [1.82, 2.24) is 4.90 Å². The lowest BCUT2D eigenvalue weighted by atomic mass is 9.89. The molecule has 0 aromatic heterocycles. The third-order valence-electron chi connectivity index (χ3n) is 2.74. The van der Waals surface area contributed by atoms with E-state index in [1.807, 2.05) is 20.8 Å². The van der Waals surface area contributed by atoms with Gasteiger partial charge >= 0.3 is 6.09 Å². The topological polar surface area (TPSA) is 77.2 Å². The molecule has 2 N–H and O–H groups in total. The van der Waals surface area contributed by atoms with E-state index in [0.29, 0.717) is 26.1 Å². The van der Waals surface area contributed by atoms with Crippen LogP contribution in [0.4, 0.5) is 4.79 Å². The van der Waals surface area contributed by atoms with Crippen LogP contribution in [0.25, 0.3) is 0 Å². The van der Waals surface area contributed by atoms with Crippen molar-refractivity contribution >= 4 is 11.8 Å². The Morgan fingerprint density at radius 2 is 2.24 bits per heavy atom. The van der Waals surface area contributed by atoms with Crippen molar-refractivity contribution in [3.63, 3.8) is 0 Å². The molecule has 6 nitrogen and oxygen atoms in total. The van der Waals surface area contributed by atoms with Gasteiger partial charge in [-0.3, -0.25) is 4.90 Å². The van der Waals surface area contributed by atoms with Crippen molar-refractivity contribution in [3.8, 4) is 0 Å². The molecule has 0 atom stereocenters. The second kappa shape index (κ2) is 3.87. The summed E-state index contributed by atoms with van der Waals surface area (Å²) in [6.45, 7) is 7.00. The highest BCUT2D eigenvalue weighted by Gasteiger charge is 2.52. The van der Waals surface area contributed by atoms with Crippen LogP contribution in [0.15, 0.2) is 5.16 Å². The van der Waals surface area contributed by atoms with E-state index >= 15 is 0 Å². The van der Waals surface area contributed by atoms with E-state index in [4.69, 9.17) is 15.3 Å². The van der Waals surface area contributed by atoms with E-state index in [1.54, 1.807) is 4.90 Å². The van der Waals surface area contributed by atoms with E-state index in [9.17, 15) is 4.79 Å². The maximum Gasteiger partial charge on any atom is 0.410 e. The summed E-state index contributed by atoms with van der Waals surface area (Å²) in [6, 6.07) is 0. The smallest absolute Gasteiger partial charge is 0.410 e. The number of hydrogen-bond acceptors (Lipinski definition) is 5. The number of nitrogens with two attached hydrogens (primary N) is 1. The number of ether oxygens (including phenoxy) is 1. The molecule has 0 bridgehead atoms. The Morgan fingerprint density at radius 3 is 2.71 bits per heavy atom. The Bertz CT molecular complexity index is 353. The van der Waals surface area contributed by atoms with Crippen LogP contribution >= 0.6 is 0 Å². The van der Waals surface area contributed by atoms with Gasteiger partial charge in [0.25, 0.3) is 0 Å². The summed E-state index contributed by atoms with van der Waals surface area (Å²) in [5.74, 6) is 0. The molecule has 0 aromatic carbocycles. The van der Waals surface area contributed by atoms with Crippen LogP contribution < -0.4 is 5.73 Å². The van der Waals surface area contributed by atoms with Crippen molar-refractivity contribution < 1.29 is 14.4 Å². The van der Waals surface area contributed by atoms with Gasteiger partial charge in [0.1, 0.15) is 5.60 Å². The number of rotatable bonds is 1. The number of oxime groups is 1. The summed E-state index contributed by atoms with van der Waals surface area (Å²) in [5.41, 5.74) is 5.55. The maximum absolute atomic E-state index is 11.7. The summed E-state index contributed by atoms with van der Waals surface area (Å²) in [5, 5.41) is 3.91. The highest BCUT2D eigenvalue weighted by molar-refractivity contribution is 5.88. The Morgan fingerprint density at radius 1 is 1.59 bits per heavy atom. The van der Waals surface area contributed by atoms with Crippen LogP contribution in [0.2, 0.25) is 0 Å². The summed E-state index contributed by atoms with van der Waals surface area (Å²) in [7, 11) is 0. The van der Waals surface area contributed by atoms with Crippen LogP contribution in [0.3, 0.4) is 0 Å². The Balaban J connectivity index is 1.82. The Hall–Kier alpha value is -1.30. The first-order chi connectivity index (χ1) is 7.84. The maximum atomic E-state index is 11.7. The molecule has 0 aromatic rings. The quantitative estimate of drug-likeness (QED) is 0.733. The SMILES string of the molecule is CC(C)(C)OC(=O)N1CC2(CC(CN)=NO2)C1. The number of carbonyl (C=O) groups is 1. The first-order valence-corrected chi connectivity index (χ1v) is 5.75. The molecule has 1 amide bonds. The zero-order chi connectivity index (χ0) is 12.7. The molecule has 1 saturated heterocycles. The van der Waals surface area contributed by atoms with Gasteiger partial charge in [-0.25, -0.2) is 4.79 Å². The monoisotopic (exact) mass is 241 g/mol. The molecule has 0 unspecified atom stereocenters. The van der Waals surface area contributed by atoms with E-state index in [2.05, 4.69) is 5.16 Å². The molecule has 2 heterocycles. The van der Waals surface area contributed by atoms with Gasteiger partial charge in [-0.05, 0) is 20.8 Å². The Kier molecular flexibility index (Phi) is 2.77. The summed E-state index contributed by atoms with van der Waals surface area (Å²) < 4.78 is 5.27. The second-order valence-corrected chi connectivity index (χ2v) is 5.65. The van der Waals surface area contributed by atoms with Gasteiger partial charge in [-0.2, -0.15) is 0 Å². The lowest BCUT2D eigenvalue weighted by Gasteiger charge is -2.45. The van der Waals surface area contributed by atoms with Crippen LogP contribution in [0.1, 0.15) is 27.2 Å². The minimum absolute atomic E-state index is 0.298. The van der Waals surface area contributed by atoms with Crippen molar-refractivity contribution in [2.75, 3.05) is 19.6 Å². The molecule has 0 saturated carbocycles. The summed E-state index contributed by atoms with van der Waals surface area (Å²) in [6.07, 6.45) is 0.413. The van der Waals surface area contributed by atoms with Gasteiger partial charge in [0.05, 0.1) is 18.8 Å². The van der Waals surface area contributed by atoms with Gasteiger partial charge < -0.3 is 15.3 Å². The van der Waals surface area contributed by atoms with Crippen LogP contribution in [0.5, 0.6) is 0 Å². The molecule has 96 valence electrons. The summed E-state index contributed by atoms with van der Waals surface area (Å²) in [4.78, 5) is 18.7. The number of hydrogen-bond donors (Lipinski definition) is 1. The molecule has 0 radical (unpaired) electrons. The molecule has 1 fully saturated rings. The largest absolute Gasteiger partial charge is 0.444 e. The average molecular weight is 241 g/mol. The van der Waals surface area contributed by atoms with Crippen molar-refractivity contribution in [3.05, 3.63) is 0 Å². The molecule has 6 heteroatoms. The first-order valence-electron chi connectivity index (χ1n) is 5.75. The highest BCUT2D eigenvalue weighted by atomic mass is 16.7. The number of carbonyl (C=O) groups excluding carboxylic acids is 1. The normalized spacial score (nSPS) is 21.9. The van der Waals surface area contributed by atoms with Gasteiger partial charge in [0.15, 0.2) is 5.60 Å². The van der Waals surface area contributed by atoms with E-state index in [-0.39, 0.29) is 11.7 Å². The predicted molar refractivity (Wildman–Crippen MR) is 62.7 cm³/mol. The highest BCUT2D eigenvalue weighted by Crippen LogP contribution is 2.34. The molecule has 1 spiro atoms. The molecular formula is C11H19N3O3. The van der Waals surface area contributed by atoms with Crippen molar-refractivity contribution in [2.24, 2.45) is 10.9 Å². The van der Waals surface area contributed by atoms with E-state index < -0.39 is 5.60 Å². The fourth-order valence-electron chi connectivity index (χ4n) is 1.98. The average Bonchev–Trinajstić information content (AvgIpc) is 2.56. The minimum Gasteiger partial charge on any atom is -0.444 e. The van der Waals surface area contributed by atoms with E-state index in [1.165, 1.54) is 0 Å². The lowest BCUT2D eigenvalue weighted by Crippen LogP contribution is -2.64. The standard InChI is InChI=1S/C11H19N3O3/c1-10(2,3)16-9(15)14-6-11(7-14)4-8(5-12)13-17-11/h4-7,12H2,1-3H3. The van der Waals surface area contributed by atoms with Gasteiger partial charge in [-0.15, -0.1) is 0 Å². The molecule has 2 aliphatic rings. The van der Waals surface area contributed by atoms with Crippen LogP contribution in [-0.4, -0.2) is 47.5 Å². The van der Waals surface area contributed by atoms with Crippen molar-refractivity contribution in [1.29, 1.82) is 0 Å². The first kappa shape index (κ1) is 12.2. The summed E-state index contributed by atoms with van der Waals surface area (Å²) >= 11 is 0. The zero-order valence-electron chi connectivity index (χ0n) is 10.5. The van der Waals surface area contributed by atoms with Gasteiger partial charge in [-0.1, -0.05) is 5.16 Å². The minimum atomic E-state index is -0.463. The number of amides is 1. The molecular weight excluding hydrogens is 222 g/mol. The lowest BCUT2D eigenvalue weighted by molar-refractivity contribution is -0.122. The van der Waals surface area contributed by atoms with Crippen LogP contribution in [-0.2, 0) is 9.57 Å². The molecule has 2 aliphatic heterocycles. The number of likely N-dealkylation sites (tertiary alicyclic amines) is 1. The van der Waals surface area contributed by atoms with Gasteiger partial charge in [0, 0.05) is 13.0 Å². The molecule has 17 heavy (non-hydrogen) atoms. The third-order valence-corrected chi connectivity index (χ3v) is 2.74. The zero-order valence-corrected chi connectivity index (χ0v) is 10.5. The van der Waals surface area contributed by atoms with Gasteiger partial charge in [0.2, 0.25) is 0 Å². The molecule has 2 rings (SSSR count). The fourth-order valence-corrected chi connectivity index (χ4v) is 1.98. The van der Waals surface area contributed by atoms with Crippen molar-refractivity contribution in [2.45, 2.75) is 38.4 Å². The number of nitrogens with zero attached hydrogens (tertiary/aromatic N) is 2. The second-order valence-electron chi connectivity index (χ2n) is 5.65. The van der Waals surface area contributed by atoms with E-state index in [0.717, 1.165) is 5.71 Å². The molecule has 0 aliphatic carbocycles. The van der Waals surface area contributed by atoms with Crippen LogP contribution in [0, 0.1) is 0 Å².